The van der Waals surface area contributed by atoms with Gasteiger partial charge in [0.1, 0.15) is 0 Å². The van der Waals surface area contributed by atoms with E-state index in [1.54, 1.807) is 0 Å². The Morgan fingerprint density at radius 1 is 1.21 bits per heavy atom. The second-order valence-electron chi connectivity index (χ2n) is 7.48. The average Bonchev–Trinajstić information content (AvgIpc) is 2.62. The van der Waals surface area contributed by atoms with Gasteiger partial charge in [-0.1, -0.05) is 30.3 Å². The molecule has 2 aliphatic rings. The quantitative estimate of drug-likeness (QED) is 0.919. The van der Waals surface area contributed by atoms with Crippen molar-refractivity contribution in [1.82, 2.24) is 15.1 Å². The molecule has 0 spiro atoms. The SMILES string of the molecule is CC1CN(C(=O)C(C)N2CCC(Cc3ccccc3)CC2)CCN1. The van der Waals surface area contributed by atoms with E-state index in [1.807, 2.05) is 4.90 Å². The molecule has 2 heterocycles. The van der Waals surface area contributed by atoms with Crippen molar-refractivity contribution in [2.24, 2.45) is 5.92 Å². The Hall–Kier alpha value is -1.39. The molecule has 132 valence electrons. The third-order valence-electron chi connectivity index (χ3n) is 5.60. The lowest BCUT2D eigenvalue weighted by Crippen LogP contribution is -2.56. The van der Waals surface area contributed by atoms with Crippen molar-refractivity contribution in [3.8, 4) is 0 Å². The fourth-order valence-electron chi connectivity index (χ4n) is 4.04. The van der Waals surface area contributed by atoms with E-state index in [1.165, 1.54) is 24.8 Å². The predicted octanol–water partition coefficient (Wildman–Crippen LogP) is 2.15. The van der Waals surface area contributed by atoms with Crippen molar-refractivity contribution in [1.29, 1.82) is 0 Å². The molecule has 1 aromatic rings. The van der Waals surface area contributed by atoms with Crippen molar-refractivity contribution >= 4 is 5.91 Å². The Balaban J connectivity index is 1.48. The smallest absolute Gasteiger partial charge is 0.239 e. The van der Waals surface area contributed by atoms with E-state index in [-0.39, 0.29) is 6.04 Å². The normalized spacial score (nSPS) is 24.8. The lowest BCUT2D eigenvalue weighted by atomic mass is 9.89. The number of likely N-dealkylation sites (tertiary alicyclic amines) is 1. The molecule has 2 saturated heterocycles. The number of hydrogen-bond donors (Lipinski definition) is 1. The topological polar surface area (TPSA) is 35.6 Å². The molecule has 1 amide bonds. The summed E-state index contributed by atoms with van der Waals surface area (Å²) in [6.07, 6.45) is 3.57. The zero-order chi connectivity index (χ0) is 16.9. The van der Waals surface area contributed by atoms with E-state index >= 15 is 0 Å². The highest BCUT2D eigenvalue weighted by molar-refractivity contribution is 5.81. The third kappa shape index (κ3) is 4.37. The van der Waals surface area contributed by atoms with Crippen LogP contribution in [0.3, 0.4) is 0 Å². The van der Waals surface area contributed by atoms with Crippen LogP contribution in [0.4, 0.5) is 0 Å². The number of carbonyl (C=O) groups is 1. The monoisotopic (exact) mass is 329 g/mol. The Morgan fingerprint density at radius 3 is 2.58 bits per heavy atom. The van der Waals surface area contributed by atoms with Gasteiger partial charge in [0.2, 0.25) is 5.91 Å². The Morgan fingerprint density at radius 2 is 1.92 bits per heavy atom. The summed E-state index contributed by atoms with van der Waals surface area (Å²) in [7, 11) is 0. The van der Waals surface area contributed by atoms with Crippen LogP contribution in [0, 0.1) is 5.92 Å². The first-order valence-corrected chi connectivity index (χ1v) is 9.43. The number of nitrogens with zero attached hydrogens (tertiary/aromatic N) is 2. The van der Waals surface area contributed by atoms with E-state index in [4.69, 9.17) is 0 Å². The molecular formula is C20H31N3O. The van der Waals surface area contributed by atoms with Crippen LogP contribution in [-0.2, 0) is 11.2 Å². The van der Waals surface area contributed by atoms with Gasteiger partial charge in [-0.15, -0.1) is 0 Å². The third-order valence-corrected chi connectivity index (χ3v) is 5.60. The minimum Gasteiger partial charge on any atom is -0.339 e. The fourth-order valence-corrected chi connectivity index (χ4v) is 4.04. The minimum atomic E-state index is 0.0213. The van der Waals surface area contributed by atoms with E-state index in [0.717, 1.165) is 38.6 Å². The standard InChI is InChI=1S/C20H31N3O/c1-16-15-23(13-10-21-16)20(24)17(2)22-11-8-19(9-12-22)14-18-6-4-3-5-7-18/h3-7,16-17,19,21H,8-15H2,1-2H3. The van der Waals surface area contributed by atoms with Crippen LogP contribution < -0.4 is 5.32 Å². The van der Waals surface area contributed by atoms with Crippen LogP contribution in [-0.4, -0.2) is 60.5 Å². The number of carbonyl (C=O) groups excluding carboxylic acids is 1. The number of piperidine rings is 1. The maximum absolute atomic E-state index is 12.8. The van der Waals surface area contributed by atoms with Crippen molar-refractivity contribution in [2.45, 2.75) is 45.2 Å². The summed E-state index contributed by atoms with van der Waals surface area (Å²) in [5, 5.41) is 3.41. The van der Waals surface area contributed by atoms with E-state index < -0.39 is 0 Å². The molecule has 4 nitrogen and oxygen atoms in total. The zero-order valence-electron chi connectivity index (χ0n) is 15.1. The van der Waals surface area contributed by atoms with Crippen LogP contribution in [0.1, 0.15) is 32.3 Å². The molecule has 2 fully saturated rings. The van der Waals surface area contributed by atoms with Crippen LogP contribution in [0.15, 0.2) is 30.3 Å². The van der Waals surface area contributed by atoms with Gasteiger partial charge in [0.05, 0.1) is 6.04 Å². The second-order valence-corrected chi connectivity index (χ2v) is 7.48. The number of hydrogen-bond acceptors (Lipinski definition) is 3. The molecule has 2 aliphatic heterocycles. The average molecular weight is 329 g/mol. The van der Waals surface area contributed by atoms with Gasteiger partial charge < -0.3 is 10.2 Å². The Labute approximate surface area is 146 Å². The van der Waals surface area contributed by atoms with E-state index in [0.29, 0.717) is 11.9 Å². The molecular weight excluding hydrogens is 298 g/mol. The highest BCUT2D eigenvalue weighted by atomic mass is 16.2. The Kier molecular flexibility index (Phi) is 5.90. The summed E-state index contributed by atoms with van der Waals surface area (Å²) in [5.41, 5.74) is 1.44. The molecule has 0 bridgehead atoms. The number of nitrogens with one attached hydrogen (secondary N) is 1. The molecule has 3 rings (SSSR count). The van der Waals surface area contributed by atoms with Gasteiger partial charge in [0.15, 0.2) is 0 Å². The molecule has 0 aromatic heterocycles. The van der Waals surface area contributed by atoms with Crippen LogP contribution in [0.2, 0.25) is 0 Å². The second kappa shape index (κ2) is 8.13. The van der Waals surface area contributed by atoms with Gasteiger partial charge in [-0.2, -0.15) is 0 Å². The van der Waals surface area contributed by atoms with Crippen LogP contribution in [0.25, 0.3) is 0 Å². The first kappa shape index (κ1) is 17.4. The summed E-state index contributed by atoms with van der Waals surface area (Å²) in [6.45, 7) is 8.94. The van der Waals surface area contributed by atoms with Crippen LogP contribution in [0.5, 0.6) is 0 Å². The molecule has 24 heavy (non-hydrogen) atoms. The summed E-state index contributed by atoms with van der Waals surface area (Å²) in [5.74, 6) is 1.06. The Bertz CT molecular complexity index is 525. The highest BCUT2D eigenvalue weighted by Crippen LogP contribution is 2.23. The first-order chi connectivity index (χ1) is 11.6. The van der Waals surface area contributed by atoms with Crippen molar-refractivity contribution in [3.05, 3.63) is 35.9 Å². The maximum Gasteiger partial charge on any atom is 0.239 e. The minimum absolute atomic E-state index is 0.0213. The van der Waals surface area contributed by atoms with Gasteiger partial charge in [0, 0.05) is 25.7 Å². The lowest BCUT2D eigenvalue weighted by molar-refractivity contribution is -0.138. The molecule has 2 unspecified atom stereocenters. The van der Waals surface area contributed by atoms with Gasteiger partial charge in [-0.25, -0.2) is 0 Å². The number of amides is 1. The number of benzene rings is 1. The van der Waals surface area contributed by atoms with E-state index in [2.05, 4.69) is 54.4 Å². The van der Waals surface area contributed by atoms with Gasteiger partial charge in [-0.05, 0) is 57.7 Å². The first-order valence-electron chi connectivity index (χ1n) is 9.43. The molecule has 0 aliphatic carbocycles. The lowest BCUT2D eigenvalue weighted by Gasteiger charge is -2.39. The molecule has 0 saturated carbocycles. The molecule has 0 radical (unpaired) electrons. The zero-order valence-corrected chi connectivity index (χ0v) is 15.1. The van der Waals surface area contributed by atoms with E-state index in [9.17, 15) is 4.79 Å². The number of piperazine rings is 1. The predicted molar refractivity (Wildman–Crippen MR) is 97.9 cm³/mol. The summed E-state index contributed by atoms with van der Waals surface area (Å²) in [4.78, 5) is 17.2. The summed E-state index contributed by atoms with van der Waals surface area (Å²) < 4.78 is 0. The van der Waals surface area contributed by atoms with Crippen molar-refractivity contribution in [3.63, 3.8) is 0 Å². The molecule has 1 aromatic carbocycles. The highest BCUT2D eigenvalue weighted by Gasteiger charge is 2.30. The number of rotatable bonds is 4. The molecule has 4 heteroatoms. The van der Waals surface area contributed by atoms with Crippen LogP contribution >= 0.6 is 0 Å². The van der Waals surface area contributed by atoms with Gasteiger partial charge >= 0.3 is 0 Å². The summed E-state index contributed by atoms with van der Waals surface area (Å²) in [6, 6.07) is 11.2. The van der Waals surface area contributed by atoms with Gasteiger partial charge in [0.25, 0.3) is 0 Å². The van der Waals surface area contributed by atoms with Gasteiger partial charge in [-0.3, -0.25) is 9.69 Å². The fraction of sp³-hybridized carbons (Fsp3) is 0.650. The maximum atomic E-state index is 12.8. The largest absolute Gasteiger partial charge is 0.339 e. The summed E-state index contributed by atoms with van der Waals surface area (Å²) >= 11 is 0. The van der Waals surface area contributed by atoms with Crippen molar-refractivity contribution in [2.75, 3.05) is 32.7 Å². The molecule has 1 N–H and O–H groups in total. The molecule has 2 atom stereocenters. The van der Waals surface area contributed by atoms with Crippen molar-refractivity contribution < 1.29 is 4.79 Å².